The molecule has 40 heavy (non-hydrogen) atoms. The van der Waals surface area contributed by atoms with E-state index in [1.807, 2.05) is 24.3 Å². The van der Waals surface area contributed by atoms with Crippen molar-refractivity contribution in [1.29, 1.82) is 0 Å². The average molecular weight is 560 g/mol. The zero-order valence-electron chi connectivity index (χ0n) is 22.4. The lowest BCUT2D eigenvalue weighted by atomic mass is 10.0. The van der Waals surface area contributed by atoms with Crippen molar-refractivity contribution in [3.63, 3.8) is 0 Å². The third kappa shape index (κ3) is 9.18. The van der Waals surface area contributed by atoms with Gasteiger partial charge in [0.15, 0.2) is 0 Å². The van der Waals surface area contributed by atoms with E-state index in [9.17, 15) is 22.8 Å². The summed E-state index contributed by atoms with van der Waals surface area (Å²) in [4.78, 5) is 28.7. The third-order valence-electron chi connectivity index (χ3n) is 5.83. The number of carbonyl (C=O) groups is 2. The predicted molar refractivity (Wildman–Crippen MR) is 143 cm³/mol. The Morgan fingerprint density at radius 1 is 1.12 bits per heavy atom. The largest absolute Gasteiger partial charge is 0.487 e. The molecule has 1 aromatic heterocycles. The maximum Gasteiger partial charge on any atom is 0.416 e. The van der Waals surface area contributed by atoms with E-state index in [-0.39, 0.29) is 37.0 Å². The number of nitrogens with one attached hydrogen (secondary N) is 1. The fourth-order valence-corrected chi connectivity index (χ4v) is 3.63. The maximum absolute atomic E-state index is 13.1. The number of aryl methyl sites for hydroxylation is 1. The Morgan fingerprint density at radius 3 is 2.55 bits per heavy atom. The molecule has 3 rings (SSSR count). The second kappa shape index (κ2) is 14.2. The van der Waals surface area contributed by atoms with Crippen LogP contribution in [0.15, 0.2) is 59.7 Å². The topological polar surface area (TPSA) is 93.9 Å². The summed E-state index contributed by atoms with van der Waals surface area (Å²) in [5, 5.41) is 2.81. The van der Waals surface area contributed by atoms with Crippen molar-refractivity contribution in [1.82, 2.24) is 15.2 Å². The van der Waals surface area contributed by atoms with E-state index in [1.165, 1.54) is 23.3 Å². The fraction of sp³-hybridized carbons (Fsp3) is 0.345. The van der Waals surface area contributed by atoms with Crippen molar-refractivity contribution in [2.45, 2.75) is 38.5 Å². The SMILES string of the molecule is C=Cc1ccc(C(F)(F)F)cc1-c1nc(COc2ccc(CCCCNC(=O)CCOC(=O)N(C)C)cc2)co1. The number of carbonyl (C=O) groups excluding carboxylic acids is 2. The number of halogens is 3. The monoisotopic (exact) mass is 559 g/mol. The van der Waals surface area contributed by atoms with Crippen LogP contribution in [0, 0.1) is 0 Å². The minimum atomic E-state index is -4.49. The molecule has 0 saturated carbocycles. The van der Waals surface area contributed by atoms with Crippen molar-refractivity contribution in [2.24, 2.45) is 0 Å². The van der Waals surface area contributed by atoms with Gasteiger partial charge in [-0.2, -0.15) is 13.2 Å². The molecule has 2 aromatic carbocycles. The minimum Gasteiger partial charge on any atom is -0.487 e. The van der Waals surface area contributed by atoms with E-state index in [2.05, 4.69) is 16.9 Å². The van der Waals surface area contributed by atoms with E-state index < -0.39 is 17.8 Å². The second-order valence-corrected chi connectivity index (χ2v) is 9.15. The van der Waals surface area contributed by atoms with Gasteiger partial charge in [-0.15, -0.1) is 0 Å². The van der Waals surface area contributed by atoms with Crippen LogP contribution in [-0.2, 0) is 28.7 Å². The molecule has 0 aliphatic carbocycles. The summed E-state index contributed by atoms with van der Waals surface area (Å²) in [6.45, 7) is 4.31. The van der Waals surface area contributed by atoms with E-state index in [1.54, 1.807) is 14.1 Å². The van der Waals surface area contributed by atoms with Crippen molar-refractivity contribution >= 4 is 18.1 Å². The molecule has 0 unspecified atom stereocenters. The number of aromatic nitrogens is 1. The predicted octanol–water partition coefficient (Wildman–Crippen LogP) is 6.11. The van der Waals surface area contributed by atoms with Gasteiger partial charge in [-0.3, -0.25) is 4.79 Å². The van der Waals surface area contributed by atoms with Gasteiger partial charge in [0, 0.05) is 26.2 Å². The zero-order chi connectivity index (χ0) is 29.1. The van der Waals surface area contributed by atoms with E-state index >= 15 is 0 Å². The number of hydrogen-bond donors (Lipinski definition) is 1. The van der Waals surface area contributed by atoms with Gasteiger partial charge in [0.05, 0.1) is 12.0 Å². The summed E-state index contributed by atoms with van der Waals surface area (Å²) in [5.74, 6) is 0.503. The quantitative estimate of drug-likeness (QED) is 0.254. The first kappa shape index (κ1) is 30.3. The third-order valence-corrected chi connectivity index (χ3v) is 5.83. The van der Waals surface area contributed by atoms with Crippen molar-refractivity contribution in [3.05, 3.63) is 77.7 Å². The Hall–Kier alpha value is -4.28. The standard InChI is InChI=1S/C29H32F3N3O5/c1-4-21-10-11-22(29(30,31)32)17-25(21)27-34-23(19-40-27)18-39-24-12-8-20(9-13-24)7-5-6-15-33-26(36)14-16-38-28(37)35(2)3/h4,8-13,17,19H,1,5-7,14-16,18H2,2-3H3,(H,33,36). The summed E-state index contributed by atoms with van der Waals surface area (Å²) >= 11 is 0. The molecule has 0 atom stereocenters. The molecule has 1 N–H and O–H groups in total. The summed E-state index contributed by atoms with van der Waals surface area (Å²) in [6.07, 6.45) is 0.458. The number of benzene rings is 2. The minimum absolute atomic E-state index is 0.0428. The lowest BCUT2D eigenvalue weighted by Crippen LogP contribution is -2.28. The van der Waals surface area contributed by atoms with Crippen LogP contribution < -0.4 is 10.1 Å². The van der Waals surface area contributed by atoms with E-state index in [0.717, 1.165) is 37.0 Å². The smallest absolute Gasteiger partial charge is 0.416 e. The molecule has 0 saturated heterocycles. The first-order valence-corrected chi connectivity index (χ1v) is 12.7. The van der Waals surface area contributed by atoms with Crippen LogP contribution in [0.4, 0.5) is 18.0 Å². The van der Waals surface area contributed by atoms with Gasteiger partial charge in [0.1, 0.15) is 30.9 Å². The number of hydrogen-bond acceptors (Lipinski definition) is 6. The Balaban J connectivity index is 1.40. The normalized spacial score (nSPS) is 11.1. The van der Waals surface area contributed by atoms with Crippen LogP contribution >= 0.6 is 0 Å². The van der Waals surface area contributed by atoms with Gasteiger partial charge in [-0.1, -0.05) is 30.9 Å². The van der Waals surface area contributed by atoms with Crippen molar-refractivity contribution < 1.29 is 36.7 Å². The number of alkyl halides is 3. The Morgan fingerprint density at radius 2 is 1.88 bits per heavy atom. The Kier molecular flexibility index (Phi) is 10.7. The van der Waals surface area contributed by atoms with Gasteiger partial charge in [0.25, 0.3) is 0 Å². The highest BCUT2D eigenvalue weighted by Crippen LogP contribution is 2.34. The fourth-order valence-electron chi connectivity index (χ4n) is 3.63. The van der Waals surface area contributed by atoms with Gasteiger partial charge in [0.2, 0.25) is 11.8 Å². The zero-order valence-corrected chi connectivity index (χ0v) is 22.4. The van der Waals surface area contributed by atoms with E-state index in [0.29, 0.717) is 23.6 Å². The molecule has 8 nitrogen and oxygen atoms in total. The lowest BCUT2D eigenvalue weighted by Gasteiger charge is -2.11. The number of amides is 2. The van der Waals surface area contributed by atoms with Crippen LogP contribution in [0.5, 0.6) is 5.75 Å². The van der Waals surface area contributed by atoms with Gasteiger partial charge < -0.3 is 24.1 Å². The summed E-state index contributed by atoms with van der Waals surface area (Å²) in [7, 11) is 3.15. The lowest BCUT2D eigenvalue weighted by molar-refractivity contribution is -0.137. The number of oxazole rings is 1. The highest BCUT2D eigenvalue weighted by molar-refractivity contribution is 5.76. The molecule has 0 aliphatic rings. The average Bonchev–Trinajstić information content (AvgIpc) is 3.40. The maximum atomic E-state index is 13.1. The second-order valence-electron chi connectivity index (χ2n) is 9.15. The van der Waals surface area contributed by atoms with Crippen LogP contribution in [-0.4, -0.2) is 49.1 Å². The van der Waals surface area contributed by atoms with Crippen LogP contribution in [0.1, 0.15) is 41.6 Å². The van der Waals surface area contributed by atoms with Crippen LogP contribution in [0.3, 0.4) is 0 Å². The van der Waals surface area contributed by atoms with Gasteiger partial charge >= 0.3 is 12.3 Å². The molecule has 0 fully saturated rings. The number of ether oxygens (including phenoxy) is 2. The Bertz CT molecular complexity index is 1290. The first-order valence-electron chi connectivity index (χ1n) is 12.7. The van der Waals surface area contributed by atoms with Crippen LogP contribution in [0.25, 0.3) is 17.5 Å². The molecular weight excluding hydrogens is 527 g/mol. The van der Waals surface area contributed by atoms with Crippen molar-refractivity contribution in [2.75, 3.05) is 27.2 Å². The molecule has 0 spiro atoms. The molecule has 0 radical (unpaired) electrons. The molecule has 0 aliphatic heterocycles. The highest BCUT2D eigenvalue weighted by atomic mass is 19.4. The Labute approximate surface area is 230 Å². The summed E-state index contributed by atoms with van der Waals surface area (Å²) in [6, 6.07) is 10.9. The molecule has 2 amide bonds. The molecule has 11 heteroatoms. The molecular formula is C29H32F3N3O5. The molecule has 214 valence electrons. The first-order chi connectivity index (χ1) is 19.1. The van der Waals surface area contributed by atoms with Gasteiger partial charge in [-0.05, 0) is 54.7 Å². The molecule has 0 bridgehead atoms. The molecule has 3 aromatic rings. The van der Waals surface area contributed by atoms with Crippen LogP contribution in [0.2, 0.25) is 0 Å². The number of rotatable bonds is 13. The molecule has 1 heterocycles. The van der Waals surface area contributed by atoms with Gasteiger partial charge in [-0.25, -0.2) is 9.78 Å². The summed E-state index contributed by atoms with van der Waals surface area (Å²) in [5.41, 5.74) is 1.42. The number of unbranched alkanes of at least 4 members (excludes halogenated alkanes) is 1. The highest BCUT2D eigenvalue weighted by Gasteiger charge is 2.31. The van der Waals surface area contributed by atoms with E-state index in [4.69, 9.17) is 13.9 Å². The van der Waals surface area contributed by atoms with Crippen molar-refractivity contribution in [3.8, 4) is 17.2 Å². The summed E-state index contributed by atoms with van der Waals surface area (Å²) < 4.78 is 55.5. The number of nitrogens with zero attached hydrogens (tertiary/aromatic N) is 2.